The van der Waals surface area contributed by atoms with Gasteiger partial charge in [0.25, 0.3) is 0 Å². The smallest absolute Gasteiger partial charge is 0.0453 e. The van der Waals surface area contributed by atoms with Crippen molar-refractivity contribution in [2.45, 2.75) is 24.3 Å². The topological polar surface area (TPSA) is 26.0 Å². The summed E-state index contributed by atoms with van der Waals surface area (Å²) in [5.74, 6) is 0.840. The monoisotopic (exact) mass is 325 g/mol. The fraction of sp³-hybridized carbons (Fsp3) is 0.250. The number of benzene rings is 2. The molecule has 2 N–H and O–H groups in total. The summed E-state index contributed by atoms with van der Waals surface area (Å²) in [6.07, 6.45) is 0.692. The van der Waals surface area contributed by atoms with Crippen LogP contribution in [0.4, 0.5) is 0 Å². The van der Waals surface area contributed by atoms with Crippen LogP contribution in [0.3, 0.4) is 0 Å². The van der Waals surface area contributed by atoms with Crippen molar-refractivity contribution < 1.29 is 0 Å². The van der Waals surface area contributed by atoms with Gasteiger partial charge in [0, 0.05) is 26.7 Å². The van der Waals surface area contributed by atoms with Gasteiger partial charge in [-0.1, -0.05) is 47.5 Å². The van der Waals surface area contributed by atoms with Gasteiger partial charge in [-0.3, -0.25) is 0 Å². The zero-order valence-electron chi connectivity index (χ0n) is 11.3. The minimum atomic E-state index is 0.0250. The van der Waals surface area contributed by atoms with Crippen molar-refractivity contribution in [3.05, 3.63) is 63.6 Å². The van der Waals surface area contributed by atoms with Crippen molar-refractivity contribution in [3.8, 4) is 0 Å². The second kappa shape index (κ2) is 7.37. The third-order valence-electron chi connectivity index (χ3n) is 3.07. The molecular formula is C16H17Cl2NS. The lowest BCUT2D eigenvalue weighted by Gasteiger charge is -2.14. The van der Waals surface area contributed by atoms with Crippen LogP contribution in [0.15, 0.2) is 47.4 Å². The molecule has 1 unspecified atom stereocenters. The van der Waals surface area contributed by atoms with Crippen molar-refractivity contribution >= 4 is 35.0 Å². The number of aryl methyl sites for hydroxylation is 1. The van der Waals surface area contributed by atoms with E-state index in [1.807, 2.05) is 30.3 Å². The molecule has 0 aliphatic carbocycles. The molecule has 2 aromatic carbocycles. The minimum absolute atomic E-state index is 0.0250. The Bertz CT molecular complexity index is 566. The van der Waals surface area contributed by atoms with Gasteiger partial charge in [-0.2, -0.15) is 0 Å². The van der Waals surface area contributed by atoms with E-state index < -0.39 is 0 Å². The first kappa shape index (κ1) is 15.7. The van der Waals surface area contributed by atoms with E-state index in [2.05, 4.69) is 19.1 Å². The van der Waals surface area contributed by atoms with Gasteiger partial charge in [0.15, 0.2) is 0 Å². The summed E-state index contributed by atoms with van der Waals surface area (Å²) in [5, 5.41) is 1.38. The maximum absolute atomic E-state index is 6.20. The first-order valence-electron chi connectivity index (χ1n) is 6.45. The van der Waals surface area contributed by atoms with Crippen LogP contribution in [0.1, 0.15) is 11.1 Å². The highest BCUT2D eigenvalue weighted by Gasteiger charge is 2.11. The van der Waals surface area contributed by atoms with Gasteiger partial charge in [-0.05, 0) is 42.7 Å². The van der Waals surface area contributed by atoms with Crippen LogP contribution in [0.2, 0.25) is 10.0 Å². The maximum Gasteiger partial charge on any atom is 0.0453 e. The van der Waals surface area contributed by atoms with Crippen LogP contribution in [0, 0.1) is 6.92 Å². The van der Waals surface area contributed by atoms with Crippen LogP contribution < -0.4 is 5.73 Å². The Kier molecular flexibility index (Phi) is 5.79. The molecule has 0 bridgehead atoms. The van der Waals surface area contributed by atoms with E-state index in [-0.39, 0.29) is 6.04 Å². The molecule has 0 amide bonds. The van der Waals surface area contributed by atoms with E-state index in [1.54, 1.807) is 11.8 Å². The first-order valence-corrected chi connectivity index (χ1v) is 8.19. The first-order chi connectivity index (χ1) is 9.58. The zero-order valence-corrected chi connectivity index (χ0v) is 13.6. The molecule has 0 aliphatic rings. The lowest BCUT2D eigenvalue weighted by atomic mass is 10.1. The number of hydrogen-bond acceptors (Lipinski definition) is 2. The highest BCUT2D eigenvalue weighted by atomic mass is 35.5. The summed E-state index contributed by atoms with van der Waals surface area (Å²) in [6.45, 7) is 2.11. The van der Waals surface area contributed by atoms with Crippen LogP contribution in [0.5, 0.6) is 0 Å². The van der Waals surface area contributed by atoms with Crippen LogP contribution in [-0.4, -0.2) is 11.8 Å². The summed E-state index contributed by atoms with van der Waals surface area (Å²) in [7, 11) is 0. The number of rotatable bonds is 5. The van der Waals surface area contributed by atoms with E-state index in [9.17, 15) is 0 Å². The van der Waals surface area contributed by atoms with Crippen molar-refractivity contribution in [1.82, 2.24) is 0 Å². The standard InChI is InChI=1S/C16H17Cl2NS/c1-11-5-2-3-8-16(11)20-10-12(19)9-13-14(17)6-4-7-15(13)18/h2-8,12H,9-10,19H2,1H3. The Morgan fingerprint density at radius 1 is 1.05 bits per heavy atom. The van der Waals surface area contributed by atoms with Gasteiger partial charge < -0.3 is 5.73 Å². The number of hydrogen-bond donors (Lipinski definition) is 1. The summed E-state index contributed by atoms with van der Waals surface area (Å²) < 4.78 is 0. The average molecular weight is 326 g/mol. The maximum atomic E-state index is 6.20. The summed E-state index contributed by atoms with van der Waals surface area (Å²) in [4.78, 5) is 1.27. The number of halogens is 2. The molecule has 0 aromatic heterocycles. The minimum Gasteiger partial charge on any atom is -0.327 e. The van der Waals surface area contributed by atoms with Gasteiger partial charge in [-0.15, -0.1) is 11.8 Å². The molecule has 0 saturated carbocycles. The third-order valence-corrected chi connectivity index (χ3v) is 5.15. The molecule has 1 atom stereocenters. The van der Waals surface area contributed by atoms with Crippen molar-refractivity contribution in [2.24, 2.45) is 5.73 Å². The molecule has 2 rings (SSSR count). The number of thioether (sulfide) groups is 1. The van der Waals surface area contributed by atoms with Crippen molar-refractivity contribution in [3.63, 3.8) is 0 Å². The van der Waals surface area contributed by atoms with E-state index in [1.165, 1.54) is 10.5 Å². The van der Waals surface area contributed by atoms with E-state index in [4.69, 9.17) is 28.9 Å². The van der Waals surface area contributed by atoms with Crippen LogP contribution in [-0.2, 0) is 6.42 Å². The largest absolute Gasteiger partial charge is 0.327 e. The van der Waals surface area contributed by atoms with Crippen molar-refractivity contribution in [2.75, 3.05) is 5.75 Å². The predicted molar refractivity (Wildman–Crippen MR) is 90.0 cm³/mol. The molecule has 0 saturated heterocycles. The molecule has 0 fully saturated rings. The molecule has 0 spiro atoms. The highest BCUT2D eigenvalue weighted by molar-refractivity contribution is 7.99. The van der Waals surface area contributed by atoms with Gasteiger partial charge in [0.1, 0.15) is 0 Å². The third kappa shape index (κ3) is 4.16. The molecule has 0 aliphatic heterocycles. The Hall–Kier alpha value is -0.670. The van der Waals surface area contributed by atoms with Gasteiger partial charge in [0.05, 0.1) is 0 Å². The molecule has 2 aromatic rings. The molecule has 1 nitrogen and oxygen atoms in total. The summed E-state index contributed by atoms with van der Waals surface area (Å²) in [6, 6.07) is 13.9. The van der Waals surface area contributed by atoms with Crippen LogP contribution >= 0.6 is 35.0 Å². The lowest BCUT2D eigenvalue weighted by molar-refractivity contribution is 0.749. The SMILES string of the molecule is Cc1ccccc1SCC(N)Cc1c(Cl)cccc1Cl. The molecule has 0 radical (unpaired) electrons. The van der Waals surface area contributed by atoms with Gasteiger partial charge >= 0.3 is 0 Å². The molecule has 20 heavy (non-hydrogen) atoms. The van der Waals surface area contributed by atoms with Gasteiger partial charge in [0.2, 0.25) is 0 Å². The zero-order chi connectivity index (χ0) is 14.5. The van der Waals surface area contributed by atoms with Gasteiger partial charge in [-0.25, -0.2) is 0 Å². The number of nitrogens with two attached hydrogens (primary N) is 1. The molecule has 0 heterocycles. The quantitative estimate of drug-likeness (QED) is 0.786. The van der Waals surface area contributed by atoms with Crippen LogP contribution in [0.25, 0.3) is 0 Å². The molecule has 106 valence electrons. The predicted octanol–water partition coefficient (Wildman–Crippen LogP) is 4.96. The van der Waals surface area contributed by atoms with Crippen molar-refractivity contribution in [1.29, 1.82) is 0 Å². The molecular weight excluding hydrogens is 309 g/mol. The Morgan fingerprint density at radius 2 is 1.70 bits per heavy atom. The Labute approximate surface area is 134 Å². The summed E-state index contributed by atoms with van der Waals surface area (Å²) in [5.41, 5.74) is 8.42. The Balaban J connectivity index is 1.96. The summed E-state index contributed by atoms with van der Waals surface area (Å²) >= 11 is 14.1. The lowest BCUT2D eigenvalue weighted by Crippen LogP contribution is -2.25. The van der Waals surface area contributed by atoms with E-state index in [0.29, 0.717) is 16.5 Å². The van der Waals surface area contributed by atoms with E-state index in [0.717, 1.165) is 11.3 Å². The fourth-order valence-corrected chi connectivity index (χ4v) is 3.50. The average Bonchev–Trinajstić information content (AvgIpc) is 2.42. The second-order valence-corrected chi connectivity index (χ2v) is 6.62. The molecule has 4 heteroatoms. The Morgan fingerprint density at radius 3 is 2.35 bits per heavy atom. The normalized spacial score (nSPS) is 12.4. The highest BCUT2D eigenvalue weighted by Crippen LogP contribution is 2.27. The van der Waals surface area contributed by atoms with E-state index >= 15 is 0 Å². The second-order valence-electron chi connectivity index (χ2n) is 4.74. The fourth-order valence-electron chi connectivity index (χ4n) is 1.96.